The highest BCUT2D eigenvalue weighted by atomic mass is 35.5. The smallest absolute Gasteiger partial charge is 0.445 e. The van der Waals surface area contributed by atoms with Crippen LogP contribution in [0.3, 0.4) is 0 Å². The quantitative estimate of drug-likeness (QED) is 0.426. The molecule has 1 N–H and O–H groups in total. The van der Waals surface area contributed by atoms with Gasteiger partial charge in [-0.25, -0.2) is 4.98 Å². The lowest BCUT2D eigenvalue weighted by molar-refractivity contribution is -0.274. The summed E-state index contributed by atoms with van der Waals surface area (Å²) in [6.07, 6.45) is -3.46. The van der Waals surface area contributed by atoms with Crippen molar-refractivity contribution < 1.29 is 32.2 Å². The Morgan fingerprint density at radius 3 is 2.45 bits per heavy atom. The molecule has 3 rings (SSSR count). The summed E-state index contributed by atoms with van der Waals surface area (Å²) in [5.74, 6) is -0.206. The number of halogens is 4. The average Bonchev–Trinajstić information content (AvgIpc) is 3.11. The predicted molar refractivity (Wildman–Crippen MR) is 109 cm³/mol. The van der Waals surface area contributed by atoms with Crippen LogP contribution in [-0.4, -0.2) is 17.3 Å². The summed E-state index contributed by atoms with van der Waals surface area (Å²) >= 11 is 6.98. The van der Waals surface area contributed by atoms with Crippen molar-refractivity contribution in [2.75, 3.05) is 0 Å². The van der Waals surface area contributed by atoms with Crippen LogP contribution in [0.2, 0.25) is 5.02 Å². The third kappa shape index (κ3) is 6.50. The van der Waals surface area contributed by atoms with E-state index in [4.69, 9.17) is 21.1 Å². The van der Waals surface area contributed by atoms with Crippen molar-refractivity contribution >= 4 is 28.8 Å². The second-order valence-corrected chi connectivity index (χ2v) is 7.59. The van der Waals surface area contributed by atoms with Gasteiger partial charge in [0.25, 0.3) is 5.19 Å². The van der Waals surface area contributed by atoms with E-state index in [1.807, 2.05) is 19.1 Å². The van der Waals surface area contributed by atoms with E-state index in [2.05, 4.69) is 15.0 Å². The van der Waals surface area contributed by atoms with Gasteiger partial charge < -0.3 is 19.5 Å². The topological polar surface area (TPSA) is 69.7 Å². The Hall–Kier alpha value is -2.98. The van der Waals surface area contributed by atoms with E-state index in [0.29, 0.717) is 10.8 Å². The van der Waals surface area contributed by atoms with E-state index >= 15 is 0 Å². The van der Waals surface area contributed by atoms with E-state index in [-0.39, 0.29) is 27.9 Å². The van der Waals surface area contributed by atoms with Crippen LogP contribution < -0.4 is 19.5 Å². The molecule has 164 valence electrons. The van der Waals surface area contributed by atoms with Gasteiger partial charge in [-0.2, -0.15) is 0 Å². The molecule has 0 radical (unpaired) electrons. The molecule has 3 aromatic rings. The zero-order valence-corrected chi connectivity index (χ0v) is 17.8. The lowest BCUT2D eigenvalue weighted by Crippen LogP contribution is -2.23. The number of aromatic nitrogens is 1. The second-order valence-electron chi connectivity index (χ2n) is 6.26. The van der Waals surface area contributed by atoms with Crippen LogP contribution in [0.25, 0.3) is 0 Å². The summed E-state index contributed by atoms with van der Waals surface area (Å²) in [6, 6.07) is 10.8. The normalized spacial score (nSPS) is 12.2. The second kappa shape index (κ2) is 9.44. The number of rotatable bonds is 7. The molecule has 11 heteroatoms. The molecule has 1 amide bonds. The van der Waals surface area contributed by atoms with Crippen molar-refractivity contribution in [1.82, 2.24) is 10.3 Å². The molecule has 0 fully saturated rings. The van der Waals surface area contributed by atoms with Gasteiger partial charge >= 0.3 is 6.36 Å². The fraction of sp³-hybridized carbons (Fsp3) is 0.200. The number of carbonyl (C=O) groups is 1. The maximum Gasteiger partial charge on any atom is 0.573 e. The number of amides is 1. The Bertz CT molecular complexity index is 1060. The maximum atomic E-state index is 12.4. The fourth-order valence-electron chi connectivity index (χ4n) is 2.53. The largest absolute Gasteiger partial charge is 0.573 e. The highest BCUT2D eigenvalue weighted by Crippen LogP contribution is 2.41. The highest BCUT2D eigenvalue weighted by molar-refractivity contribution is 7.15. The van der Waals surface area contributed by atoms with Gasteiger partial charge in [0.1, 0.15) is 10.8 Å². The zero-order valence-electron chi connectivity index (χ0n) is 16.2. The first-order chi connectivity index (χ1) is 14.6. The van der Waals surface area contributed by atoms with Gasteiger partial charge in [0.15, 0.2) is 11.5 Å². The van der Waals surface area contributed by atoms with Crippen molar-refractivity contribution in [2.45, 2.75) is 26.3 Å². The standard InChI is InChI=1S/C20H16ClF3N2O4S/c1-11(26-12(2)27)13-6-8-14(9-7-13)28-17-10-25-19(31-17)29-15-4-3-5-16(18(15)21)30-20(22,23)24/h3-11H,1-2H3,(H,26,27). The Morgan fingerprint density at radius 1 is 1.13 bits per heavy atom. The van der Waals surface area contributed by atoms with Gasteiger partial charge in [-0.05, 0) is 48.1 Å². The molecule has 0 saturated carbocycles. The van der Waals surface area contributed by atoms with E-state index in [1.165, 1.54) is 25.3 Å². The minimum Gasteiger partial charge on any atom is -0.445 e. The van der Waals surface area contributed by atoms with Crippen LogP contribution in [0, 0.1) is 0 Å². The molecule has 0 aliphatic rings. The minimum atomic E-state index is -4.88. The van der Waals surface area contributed by atoms with Crippen LogP contribution in [-0.2, 0) is 4.79 Å². The average molecular weight is 473 g/mol. The van der Waals surface area contributed by atoms with Gasteiger partial charge in [0.2, 0.25) is 11.0 Å². The molecule has 1 unspecified atom stereocenters. The molecule has 0 bridgehead atoms. The first kappa shape index (κ1) is 22.7. The van der Waals surface area contributed by atoms with E-state index < -0.39 is 12.1 Å². The highest BCUT2D eigenvalue weighted by Gasteiger charge is 2.32. The van der Waals surface area contributed by atoms with Crippen LogP contribution in [0.5, 0.6) is 27.5 Å². The zero-order chi connectivity index (χ0) is 22.6. The summed E-state index contributed by atoms with van der Waals surface area (Å²) in [5, 5.41) is 2.98. The summed E-state index contributed by atoms with van der Waals surface area (Å²) in [4.78, 5) is 15.2. The Balaban J connectivity index is 1.66. The van der Waals surface area contributed by atoms with Crippen molar-refractivity contribution in [2.24, 2.45) is 0 Å². The molecule has 0 spiro atoms. The number of benzene rings is 2. The fourth-order valence-corrected chi connectivity index (χ4v) is 3.39. The number of hydrogen-bond acceptors (Lipinski definition) is 6. The van der Waals surface area contributed by atoms with Gasteiger partial charge in [-0.3, -0.25) is 4.79 Å². The Morgan fingerprint density at radius 2 is 1.81 bits per heavy atom. The summed E-state index contributed by atoms with van der Waals surface area (Å²) in [6.45, 7) is 3.31. The number of carbonyl (C=O) groups excluding carboxylic acids is 1. The lowest BCUT2D eigenvalue weighted by atomic mass is 10.1. The molecular weight excluding hydrogens is 457 g/mol. The molecule has 0 aliphatic heterocycles. The molecule has 1 aromatic heterocycles. The van der Waals surface area contributed by atoms with Gasteiger partial charge in [-0.15, -0.1) is 13.2 Å². The van der Waals surface area contributed by atoms with E-state index in [0.717, 1.165) is 23.0 Å². The Kier molecular flexibility index (Phi) is 6.91. The molecule has 6 nitrogen and oxygen atoms in total. The van der Waals surface area contributed by atoms with E-state index in [1.54, 1.807) is 12.1 Å². The van der Waals surface area contributed by atoms with Crippen molar-refractivity contribution in [3.05, 3.63) is 59.2 Å². The van der Waals surface area contributed by atoms with Crippen LogP contribution >= 0.6 is 22.9 Å². The SMILES string of the molecule is CC(=O)NC(C)c1ccc(Oc2cnc(Oc3cccc(OC(F)(F)F)c3Cl)s2)cc1. The summed E-state index contributed by atoms with van der Waals surface area (Å²) < 4.78 is 52.4. The first-order valence-electron chi connectivity index (χ1n) is 8.83. The lowest BCUT2D eigenvalue weighted by Gasteiger charge is -2.13. The van der Waals surface area contributed by atoms with Crippen molar-refractivity contribution in [3.63, 3.8) is 0 Å². The summed E-state index contributed by atoms with van der Waals surface area (Å²) in [7, 11) is 0. The van der Waals surface area contributed by atoms with E-state index in [9.17, 15) is 18.0 Å². The Labute approximate surface area is 184 Å². The maximum absolute atomic E-state index is 12.4. The third-order valence-corrected chi connectivity index (χ3v) is 4.96. The van der Waals surface area contributed by atoms with Gasteiger partial charge in [-0.1, -0.05) is 29.8 Å². The molecule has 31 heavy (non-hydrogen) atoms. The van der Waals surface area contributed by atoms with Crippen molar-refractivity contribution in [3.8, 4) is 27.5 Å². The van der Waals surface area contributed by atoms with Gasteiger partial charge in [0, 0.05) is 6.92 Å². The minimum absolute atomic E-state index is 0.0411. The molecule has 2 aromatic carbocycles. The molecule has 0 aliphatic carbocycles. The monoisotopic (exact) mass is 472 g/mol. The molecule has 0 saturated heterocycles. The molecule has 1 heterocycles. The predicted octanol–water partition coefficient (Wildman–Crippen LogP) is 6.48. The number of nitrogens with zero attached hydrogens (tertiary/aromatic N) is 1. The number of thiazole rings is 1. The number of nitrogens with one attached hydrogen (secondary N) is 1. The van der Waals surface area contributed by atoms with Crippen LogP contribution in [0.4, 0.5) is 13.2 Å². The van der Waals surface area contributed by atoms with Crippen molar-refractivity contribution in [1.29, 1.82) is 0 Å². The number of hydrogen-bond donors (Lipinski definition) is 1. The molecular formula is C20H16ClF3N2O4S. The first-order valence-corrected chi connectivity index (χ1v) is 10.0. The number of ether oxygens (including phenoxy) is 3. The van der Waals surface area contributed by atoms with Gasteiger partial charge in [0.05, 0.1) is 12.2 Å². The number of alkyl halides is 3. The van der Waals surface area contributed by atoms with Crippen LogP contribution in [0.15, 0.2) is 48.7 Å². The van der Waals surface area contributed by atoms with Crippen LogP contribution in [0.1, 0.15) is 25.5 Å². The summed E-state index contributed by atoms with van der Waals surface area (Å²) in [5.41, 5.74) is 0.909. The molecule has 1 atom stereocenters. The third-order valence-electron chi connectivity index (χ3n) is 3.83.